The molecule has 0 aliphatic heterocycles. The van der Waals surface area contributed by atoms with Gasteiger partial charge in [-0.25, -0.2) is 0 Å². The molecule has 0 N–H and O–H groups in total. The summed E-state index contributed by atoms with van der Waals surface area (Å²) >= 11 is 3.60. The first-order valence-corrected chi connectivity index (χ1v) is 21.6. The lowest BCUT2D eigenvalue weighted by Crippen LogP contribution is -2.19. The predicted octanol–water partition coefficient (Wildman–Crippen LogP) is 15.7. The second-order valence-corrected chi connectivity index (χ2v) is 17.7. The van der Waals surface area contributed by atoms with Crippen molar-refractivity contribution in [3.8, 4) is 27.9 Å². The Bertz CT molecular complexity index is 3960. The van der Waals surface area contributed by atoms with Crippen LogP contribution in [-0.2, 0) is 0 Å². The average Bonchev–Trinajstić information content (AvgIpc) is 3.88. The number of benzene rings is 10. The van der Waals surface area contributed by atoms with Gasteiger partial charge in [-0.1, -0.05) is 127 Å². The van der Waals surface area contributed by atoms with Crippen LogP contribution < -0.4 is 5.56 Å². The molecule has 13 aromatic rings. The molecule has 0 amide bonds. The third kappa shape index (κ3) is 4.76. The fraction of sp³-hybridized carbons (Fsp3) is 0. The van der Waals surface area contributed by atoms with Gasteiger partial charge in [-0.3, -0.25) is 9.36 Å². The van der Waals surface area contributed by atoms with Crippen LogP contribution in [0.2, 0.25) is 0 Å². The molecule has 2 nitrogen and oxygen atoms in total. The molecule has 0 saturated heterocycles. The van der Waals surface area contributed by atoms with Crippen molar-refractivity contribution in [3.05, 3.63) is 198 Å². The molecule has 0 unspecified atom stereocenters. The molecule has 4 heteroatoms. The summed E-state index contributed by atoms with van der Waals surface area (Å²) in [5, 5.41) is 15.0. The van der Waals surface area contributed by atoms with Crippen LogP contribution in [0.5, 0.6) is 0 Å². The summed E-state index contributed by atoms with van der Waals surface area (Å²) in [6, 6.07) is 67.7. The van der Waals surface area contributed by atoms with Gasteiger partial charge in [0.2, 0.25) is 0 Å². The zero-order chi connectivity index (χ0) is 38.8. The lowest BCUT2D eigenvalue weighted by Gasteiger charge is -2.17. The highest BCUT2D eigenvalue weighted by Crippen LogP contribution is 2.43. The highest BCUT2D eigenvalue weighted by Gasteiger charge is 2.20. The van der Waals surface area contributed by atoms with Crippen LogP contribution in [0.3, 0.4) is 0 Å². The number of rotatable bonds is 3. The van der Waals surface area contributed by atoms with Gasteiger partial charge in [-0.2, -0.15) is 0 Å². The second kappa shape index (κ2) is 12.4. The Balaban J connectivity index is 1.12. The standard InChI is InChI=1S/C55H31NOS2/c57-55-41-27-24-34(35-17-9-21-51-53(35)42-15-5-7-19-49(42)58-51)31-45(41)46-30-33(25-28-47(46)56(55)48-18-10-22-52-54(48)43-16-6-8-20-50(43)59-52)32-23-26-40-38-13-2-1-11-36(38)37-12-3-4-14-39(37)44(40)29-32/h1-31H. The van der Waals surface area contributed by atoms with E-state index in [4.69, 9.17) is 0 Å². The molecule has 0 aliphatic carbocycles. The van der Waals surface area contributed by atoms with Crippen molar-refractivity contribution in [2.24, 2.45) is 0 Å². The zero-order valence-corrected chi connectivity index (χ0v) is 33.2. The normalized spacial score (nSPS) is 12.1. The summed E-state index contributed by atoms with van der Waals surface area (Å²) in [6.07, 6.45) is 0. The highest BCUT2D eigenvalue weighted by atomic mass is 32.1. The van der Waals surface area contributed by atoms with Gasteiger partial charge in [0.1, 0.15) is 0 Å². The maximum Gasteiger partial charge on any atom is 0.263 e. The van der Waals surface area contributed by atoms with Crippen molar-refractivity contribution >= 4 is 117 Å². The first-order chi connectivity index (χ1) is 29.2. The van der Waals surface area contributed by atoms with E-state index in [1.807, 2.05) is 15.9 Å². The van der Waals surface area contributed by atoms with E-state index >= 15 is 4.79 Å². The number of fused-ring (bicyclic) bond motifs is 15. The molecule has 59 heavy (non-hydrogen) atoms. The van der Waals surface area contributed by atoms with Crippen LogP contribution in [0.25, 0.3) is 122 Å². The summed E-state index contributed by atoms with van der Waals surface area (Å²) < 4.78 is 6.89. The van der Waals surface area contributed by atoms with E-state index in [-0.39, 0.29) is 5.56 Å². The minimum Gasteiger partial charge on any atom is -0.276 e. The van der Waals surface area contributed by atoms with Gasteiger partial charge in [-0.15, -0.1) is 22.7 Å². The second-order valence-electron chi connectivity index (χ2n) is 15.5. The maximum absolute atomic E-state index is 15.1. The summed E-state index contributed by atoms with van der Waals surface area (Å²) in [4.78, 5) is 15.1. The third-order valence-electron chi connectivity index (χ3n) is 12.4. The maximum atomic E-state index is 15.1. The van der Waals surface area contributed by atoms with E-state index in [1.165, 1.54) is 72.8 Å². The molecule has 0 fully saturated rings. The van der Waals surface area contributed by atoms with Crippen molar-refractivity contribution in [2.45, 2.75) is 0 Å². The minimum atomic E-state index is -0.0159. The van der Waals surface area contributed by atoms with Crippen LogP contribution in [0, 0.1) is 0 Å². The van der Waals surface area contributed by atoms with Crippen molar-refractivity contribution in [1.82, 2.24) is 4.57 Å². The summed E-state index contributed by atoms with van der Waals surface area (Å²) in [5.74, 6) is 0. The smallest absolute Gasteiger partial charge is 0.263 e. The Labute approximate surface area is 346 Å². The molecule has 0 bridgehead atoms. The SMILES string of the molecule is O=c1c2ccc(-c3cccc4sc5ccccc5c34)cc2c2cc(-c3ccc4c5ccccc5c5ccccc5c4c3)ccc2n1-c1cccc2sc3ccccc3c12. The van der Waals surface area contributed by atoms with E-state index in [9.17, 15) is 0 Å². The van der Waals surface area contributed by atoms with Crippen LogP contribution in [0.15, 0.2) is 193 Å². The van der Waals surface area contributed by atoms with E-state index < -0.39 is 0 Å². The molecule has 13 rings (SSSR count). The lowest BCUT2D eigenvalue weighted by atomic mass is 9.91. The van der Waals surface area contributed by atoms with Gasteiger partial charge in [0, 0.05) is 51.1 Å². The van der Waals surface area contributed by atoms with E-state index in [0.29, 0.717) is 5.39 Å². The number of thiophene rings is 2. The third-order valence-corrected chi connectivity index (χ3v) is 14.7. The number of aromatic nitrogens is 1. The number of hydrogen-bond donors (Lipinski definition) is 0. The molecular weight excluding hydrogens is 755 g/mol. The van der Waals surface area contributed by atoms with Gasteiger partial charge in [0.25, 0.3) is 5.56 Å². The summed E-state index contributed by atoms with van der Waals surface area (Å²) in [7, 11) is 0. The first-order valence-electron chi connectivity index (χ1n) is 20.0. The monoisotopic (exact) mass is 785 g/mol. The molecule has 0 atom stereocenters. The van der Waals surface area contributed by atoms with Crippen molar-refractivity contribution in [1.29, 1.82) is 0 Å². The quantitative estimate of drug-likeness (QED) is 0.164. The van der Waals surface area contributed by atoms with E-state index in [2.05, 4.69) is 188 Å². The topological polar surface area (TPSA) is 22.0 Å². The van der Waals surface area contributed by atoms with Crippen LogP contribution in [0.1, 0.15) is 0 Å². The Morgan fingerprint density at radius 1 is 0.322 bits per heavy atom. The largest absolute Gasteiger partial charge is 0.276 e. The summed E-state index contributed by atoms with van der Waals surface area (Å²) in [5.41, 5.74) is 6.32. The molecule has 10 aromatic carbocycles. The van der Waals surface area contributed by atoms with Crippen molar-refractivity contribution in [3.63, 3.8) is 0 Å². The van der Waals surface area contributed by atoms with Gasteiger partial charge in [0.05, 0.1) is 11.2 Å². The highest BCUT2D eigenvalue weighted by molar-refractivity contribution is 7.26. The zero-order valence-electron chi connectivity index (χ0n) is 31.6. The van der Waals surface area contributed by atoms with Crippen molar-refractivity contribution < 1.29 is 0 Å². The van der Waals surface area contributed by atoms with Gasteiger partial charge < -0.3 is 0 Å². The molecule has 0 aliphatic rings. The Morgan fingerprint density at radius 3 is 1.47 bits per heavy atom. The fourth-order valence-corrected chi connectivity index (χ4v) is 12.0. The molecule has 3 aromatic heterocycles. The Hall–Kier alpha value is -7.11. The molecule has 0 spiro atoms. The molecule has 274 valence electrons. The first kappa shape index (κ1) is 32.9. The van der Waals surface area contributed by atoms with Gasteiger partial charge in [-0.05, 0) is 121 Å². The van der Waals surface area contributed by atoms with Crippen LogP contribution in [0.4, 0.5) is 0 Å². The van der Waals surface area contributed by atoms with E-state index in [1.54, 1.807) is 11.3 Å². The minimum absolute atomic E-state index is 0.0159. The Kier molecular flexibility index (Phi) is 6.94. The molecule has 0 saturated carbocycles. The number of hydrogen-bond acceptors (Lipinski definition) is 3. The van der Waals surface area contributed by atoms with Crippen molar-refractivity contribution in [2.75, 3.05) is 0 Å². The Morgan fingerprint density at radius 2 is 0.780 bits per heavy atom. The lowest BCUT2D eigenvalue weighted by molar-refractivity contribution is 1.07. The molecular formula is C55H31NOS2. The average molecular weight is 786 g/mol. The number of nitrogens with zero attached hydrogens (tertiary/aromatic N) is 1. The molecule has 0 radical (unpaired) electrons. The predicted molar refractivity (Wildman–Crippen MR) is 256 cm³/mol. The van der Waals surface area contributed by atoms with Gasteiger partial charge >= 0.3 is 0 Å². The van der Waals surface area contributed by atoms with Crippen LogP contribution in [-0.4, -0.2) is 4.57 Å². The van der Waals surface area contributed by atoms with Crippen LogP contribution >= 0.6 is 22.7 Å². The molecule has 3 heterocycles. The van der Waals surface area contributed by atoms with E-state index in [0.717, 1.165) is 44.1 Å². The summed E-state index contributed by atoms with van der Waals surface area (Å²) in [6.45, 7) is 0. The fourth-order valence-electron chi connectivity index (χ4n) is 9.76. The number of pyridine rings is 1. The van der Waals surface area contributed by atoms with Gasteiger partial charge in [0.15, 0.2) is 0 Å².